The van der Waals surface area contributed by atoms with Gasteiger partial charge in [0.25, 0.3) is 0 Å². The molecule has 1 unspecified atom stereocenters. The minimum absolute atomic E-state index is 0.122. The molecule has 0 amide bonds. The average Bonchev–Trinajstić information content (AvgIpc) is 2.42. The molecule has 0 fully saturated rings. The predicted octanol–water partition coefficient (Wildman–Crippen LogP) is 3.16. The molecular weight excluding hydrogens is 266 g/mol. The Bertz CT molecular complexity index is 376. The van der Waals surface area contributed by atoms with Crippen molar-refractivity contribution in [1.29, 1.82) is 0 Å². The summed E-state index contributed by atoms with van der Waals surface area (Å²) in [4.78, 5) is 0. The van der Waals surface area contributed by atoms with Crippen LogP contribution < -0.4 is 10.5 Å². The minimum atomic E-state index is -0.122. The van der Waals surface area contributed by atoms with Crippen LogP contribution in [0.5, 0.6) is 5.75 Å². The number of rotatable bonds is 10. The van der Waals surface area contributed by atoms with Crippen LogP contribution in [0.2, 0.25) is 0 Å². The molecule has 4 nitrogen and oxygen atoms in total. The lowest BCUT2D eigenvalue weighted by atomic mass is 10.1. The molecule has 0 saturated heterocycles. The maximum absolute atomic E-state index is 6.10. The molecule has 1 rings (SSSR count). The number of hydrogen-bond donors (Lipinski definition) is 1. The van der Waals surface area contributed by atoms with Crippen molar-refractivity contribution in [2.45, 2.75) is 39.8 Å². The van der Waals surface area contributed by atoms with Crippen LogP contribution in [0.25, 0.3) is 0 Å². The maximum atomic E-state index is 6.10. The third-order valence-electron chi connectivity index (χ3n) is 2.80. The molecule has 120 valence electrons. The van der Waals surface area contributed by atoms with E-state index in [9.17, 15) is 0 Å². The normalized spacial score (nSPS) is 12.9. The summed E-state index contributed by atoms with van der Waals surface area (Å²) in [6, 6.07) is 7.74. The second kappa shape index (κ2) is 9.77. The van der Waals surface area contributed by atoms with Gasteiger partial charge in [-0.15, -0.1) is 0 Å². The first kappa shape index (κ1) is 18.0. The third-order valence-corrected chi connectivity index (χ3v) is 2.80. The summed E-state index contributed by atoms with van der Waals surface area (Å²) in [5.41, 5.74) is 7.15. The average molecular weight is 295 g/mol. The van der Waals surface area contributed by atoms with Crippen molar-refractivity contribution < 1.29 is 14.2 Å². The predicted molar refractivity (Wildman–Crippen MR) is 85.6 cm³/mol. The molecule has 0 radical (unpaired) electrons. The van der Waals surface area contributed by atoms with Gasteiger partial charge >= 0.3 is 0 Å². The van der Waals surface area contributed by atoms with Crippen molar-refractivity contribution in [3.63, 3.8) is 0 Å². The summed E-state index contributed by atoms with van der Waals surface area (Å²) >= 11 is 0. The van der Waals surface area contributed by atoms with E-state index in [1.165, 1.54) is 0 Å². The molecule has 1 atom stereocenters. The van der Waals surface area contributed by atoms with E-state index in [4.69, 9.17) is 19.9 Å². The Morgan fingerprint density at radius 1 is 0.905 bits per heavy atom. The Morgan fingerprint density at radius 2 is 1.48 bits per heavy atom. The molecular formula is C17H29NO3. The third kappa shape index (κ3) is 8.05. The Hall–Kier alpha value is -1.10. The molecule has 0 saturated carbocycles. The Kier molecular flexibility index (Phi) is 8.35. The quantitative estimate of drug-likeness (QED) is 0.674. The van der Waals surface area contributed by atoms with Gasteiger partial charge in [-0.2, -0.15) is 0 Å². The van der Waals surface area contributed by atoms with Crippen molar-refractivity contribution in [2.24, 2.45) is 11.7 Å². The fraction of sp³-hybridized carbons (Fsp3) is 0.647. The Labute approximate surface area is 128 Å². The first-order chi connectivity index (χ1) is 9.99. The van der Waals surface area contributed by atoms with E-state index in [1.54, 1.807) is 0 Å². The van der Waals surface area contributed by atoms with Gasteiger partial charge in [0.2, 0.25) is 0 Å². The molecule has 0 spiro atoms. The van der Waals surface area contributed by atoms with Crippen molar-refractivity contribution in [3.8, 4) is 5.75 Å². The summed E-state index contributed by atoms with van der Waals surface area (Å²) in [6.45, 7) is 10.7. The van der Waals surface area contributed by atoms with Gasteiger partial charge in [0.05, 0.1) is 32.0 Å². The second-order valence-electron chi connectivity index (χ2n) is 5.89. The fourth-order valence-electron chi connectivity index (χ4n) is 1.81. The van der Waals surface area contributed by atoms with E-state index in [1.807, 2.05) is 38.1 Å². The Balaban J connectivity index is 2.24. The highest BCUT2D eigenvalue weighted by Crippen LogP contribution is 2.17. The fourth-order valence-corrected chi connectivity index (χ4v) is 1.81. The zero-order valence-corrected chi connectivity index (χ0v) is 13.7. The van der Waals surface area contributed by atoms with Crippen molar-refractivity contribution in [3.05, 3.63) is 29.8 Å². The van der Waals surface area contributed by atoms with Crippen LogP contribution in [0.15, 0.2) is 24.3 Å². The van der Waals surface area contributed by atoms with Gasteiger partial charge in [-0.1, -0.05) is 26.0 Å². The van der Waals surface area contributed by atoms with Crippen molar-refractivity contribution in [1.82, 2.24) is 0 Å². The molecule has 0 heterocycles. The molecule has 0 aliphatic rings. The number of nitrogens with two attached hydrogens (primary N) is 1. The number of benzene rings is 1. The lowest BCUT2D eigenvalue weighted by Crippen LogP contribution is -2.19. The van der Waals surface area contributed by atoms with Gasteiger partial charge < -0.3 is 19.9 Å². The Morgan fingerprint density at radius 3 is 2.00 bits per heavy atom. The number of hydrogen-bond acceptors (Lipinski definition) is 4. The lowest BCUT2D eigenvalue weighted by molar-refractivity contribution is 0.0333. The van der Waals surface area contributed by atoms with Gasteiger partial charge in [-0.3, -0.25) is 0 Å². The van der Waals surface area contributed by atoms with E-state index in [0.717, 1.165) is 17.9 Å². The molecule has 0 aromatic heterocycles. The lowest BCUT2D eigenvalue weighted by Gasteiger charge is -2.15. The number of ether oxygens (including phenoxy) is 3. The smallest absolute Gasteiger partial charge is 0.119 e. The van der Waals surface area contributed by atoms with Crippen LogP contribution in [-0.4, -0.2) is 32.5 Å². The standard InChI is InChI=1S/C17H29NO3/c1-13(2)11-19-9-10-20-12-17(18)15-5-7-16(8-6-15)21-14(3)4/h5-8,13-14,17H,9-12,18H2,1-4H3. The van der Waals surface area contributed by atoms with Gasteiger partial charge in [0.1, 0.15) is 5.75 Å². The molecule has 2 N–H and O–H groups in total. The summed E-state index contributed by atoms with van der Waals surface area (Å²) in [5, 5.41) is 0. The zero-order valence-electron chi connectivity index (χ0n) is 13.7. The first-order valence-corrected chi connectivity index (χ1v) is 7.66. The van der Waals surface area contributed by atoms with E-state index in [0.29, 0.717) is 25.7 Å². The highest BCUT2D eigenvalue weighted by Gasteiger charge is 2.07. The minimum Gasteiger partial charge on any atom is -0.491 e. The molecule has 0 aliphatic carbocycles. The largest absolute Gasteiger partial charge is 0.491 e. The highest BCUT2D eigenvalue weighted by molar-refractivity contribution is 5.29. The molecule has 0 aliphatic heterocycles. The van der Waals surface area contributed by atoms with Crippen molar-refractivity contribution >= 4 is 0 Å². The SMILES string of the molecule is CC(C)COCCOCC(N)c1ccc(OC(C)C)cc1. The summed E-state index contributed by atoms with van der Waals surface area (Å²) in [6.07, 6.45) is 0.179. The van der Waals surface area contributed by atoms with Crippen LogP contribution in [0.3, 0.4) is 0 Å². The van der Waals surface area contributed by atoms with E-state index in [2.05, 4.69) is 13.8 Å². The van der Waals surface area contributed by atoms with E-state index < -0.39 is 0 Å². The van der Waals surface area contributed by atoms with Gasteiger partial charge in [-0.25, -0.2) is 0 Å². The second-order valence-corrected chi connectivity index (χ2v) is 5.89. The summed E-state index contributed by atoms with van der Waals surface area (Å²) in [5.74, 6) is 1.42. The van der Waals surface area contributed by atoms with Gasteiger partial charge in [0, 0.05) is 6.61 Å². The summed E-state index contributed by atoms with van der Waals surface area (Å²) < 4.78 is 16.6. The van der Waals surface area contributed by atoms with Gasteiger partial charge in [-0.05, 0) is 37.5 Å². The van der Waals surface area contributed by atoms with E-state index >= 15 is 0 Å². The molecule has 1 aromatic rings. The van der Waals surface area contributed by atoms with Crippen LogP contribution in [-0.2, 0) is 9.47 Å². The van der Waals surface area contributed by atoms with Crippen molar-refractivity contribution in [2.75, 3.05) is 26.4 Å². The first-order valence-electron chi connectivity index (χ1n) is 7.66. The van der Waals surface area contributed by atoms with E-state index in [-0.39, 0.29) is 12.1 Å². The monoisotopic (exact) mass is 295 g/mol. The van der Waals surface area contributed by atoms with Crippen LogP contribution in [0.1, 0.15) is 39.3 Å². The zero-order chi connectivity index (χ0) is 15.7. The molecule has 4 heteroatoms. The van der Waals surface area contributed by atoms with Crippen LogP contribution >= 0.6 is 0 Å². The molecule has 1 aromatic carbocycles. The molecule has 0 bridgehead atoms. The van der Waals surface area contributed by atoms with Gasteiger partial charge in [0.15, 0.2) is 0 Å². The van der Waals surface area contributed by atoms with Crippen LogP contribution in [0, 0.1) is 5.92 Å². The van der Waals surface area contributed by atoms with Crippen LogP contribution in [0.4, 0.5) is 0 Å². The highest BCUT2D eigenvalue weighted by atomic mass is 16.5. The maximum Gasteiger partial charge on any atom is 0.119 e. The summed E-state index contributed by atoms with van der Waals surface area (Å²) in [7, 11) is 0. The topological polar surface area (TPSA) is 53.7 Å². The molecule has 21 heavy (non-hydrogen) atoms.